The predicted octanol–water partition coefficient (Wildman–Crippen LogP) is 0.650. The zero-order valence-corrected chi connectivity index (χ0v) is 9.81. The zero-order valence-electron chi connectivity index (χ0n) is 8.99. The van der Waals surface area contributed by atoms with Crippen LogP contribution in [0.1, 0.15) is 6.92 Å². The van der Waals surface area contributed by atoms with E-state index < -0.39 is 21.9 Å². The molecule has 0 heterocycles. The van der Waals surface area contributed by atoms with Crippen molar-refractivity contribution in [2.75, 3.05) is 12.8 Å². The number of carbonyl (C=O) groups is 1. The number of hydrogen-bond donors (Lipinski definition) is 2. The number of rotatable bonds is 3. The van der Waals surface area contributed by atoms with Crippen molar-refractivity contribution in [3.05, 3.63) is 24.0 Å². The third-order valence-electron chi connectivity index (χ3n) is 2.06. The van der Waals surface area contributed by atoms with Crippen LogP contribution in [0.4, 0.5) is 10.1 Å². The quantitative estimate of drug-likeness (QED) is 0.767. The van der Waals surface area contributed by atoms with Crippen molar-refractivity contribution in [1.29, 1.82) is 0 Å². The van der Waals surface area contributed by atoms with E-state index in [1.54, 1.807) is 0 Å². The molecule has 0 spiro atoms. The molecule has 0 bridgehead atoms. The first-order valence-electron chi connectivity index (χ1n) is 4.64. The van der Waals surface area contributed by atoms with E-state index in [1.165, 1.54) is 20.0 Å². The fourth-order valence-electron chi connectivity index (χ4n) is 1.21. The Morgan fingerprint density at radius 1 is 1.50 bits per heavy atom. The highest BCUT2D eigenvalue weighted by molar-refractivity contribution is 7.86. The third kappa shape index (κ3) is 2.79. The zero-order chi connectivity index (χ0) is 12.3. The minimum absolute atomic E-state index is 0.187. The Morgan fingerprint density at radius 2 is 2.12 bits per heavy atom. The summed E-state index contributed by atoms with van der Waals surface area (Å²) < 4.78 is 24.9. The van der Waals surface area contributed by atoms with Gasteiger partial charge in [-0.1, -0.05) is 0 Å². The van der Waals surface area contributed by atoms with Crippen molar-refractivity contribution in [2.45, 2.75) is 17.1 Å². The molecule has 0 radical (unpaired) electrons. The number of nitrogen functional groups attached to an aromatic ring is 1. The lowest BCUT2D eigenvalue weighted by molar-refractivity contribution is -0.119. The van der Waals surface area contributed by atoms with Crippen molar-refractivity contribution in [3.63, 3.8) is 0 Å². The first-order valence-corrected chi connectivity index (χ1v) is 5.85. The van der Waals surface area contributed by atoms with Crippen molar-refractivity contribution in [2.24, 2.45) is 0 Å². The van der Waals surface area contributed by atoms with E-state index in [0.29, 0.717) is 0 Å². The summed E-state index contributed by atoms with van der Waals surface area (Å²) in [5, 5.41) is 1.64. The van der Waals surface area contributed by atoms with Crippen LogP contribution in [0.15, 0.2) is 23.1 Å². The molecule has 0 aromatic heterocycles. The number of benzene rings is 1. The molecule has 1 rings (SSSR count). The Bertz CT molecular complexity index is 417. The Kier molecular flexibility index (Phi) is 4.00. The number of amides is 1. The van der Waals surface area contributed by atoms with Crippen LogP contribution in [0.25, 0.3) is 0 Å². The molecule has 16 heavy (non-hydrogen) atoms. The highest BCUT2D eigenvalue weighted by atomic mass is 32.2. The van der Waals surface area contributed by atoms with Gasteiger partial charge in [0.25, 0.3) is 0 Å². The second-order valence-corrected chi connectivity index (χ2v) is 5.05. The van der Waals surface area contributed by atoms with E-state index in [2.05, 4.69) is 5.32 Å². The summed E-state index contributed by atoms with van der Waals surface area (Å²) >= 11 is 0. The summed E-state index contributed by atoms with van der Waals surface area (Å²) in [6.07, 6.45) is 0. The molecule has 0 fully saturated rings. The van der Waals surface area contributed by atoms with Crippen LogP contribution < -0.4 is 11.1 Å². The molecule has 88 valence electrons. The van der Waals surface area contributed by atoms with E-state index in [4.69, 9.17) is 5.73 Å². The molecule has 2 unspecified atom stereocenters. The Hall–Kier alpha value is -1.43. The van der Waals surface area contributed by atoms with Gasteiger partial charge in [0.1, 0.15) is 11.1 Å². The lowest BCUT2D eigenvalue weighted by Crippen LogP contribution is -2.32. The van der Waals surface area contributed by atoms with Gasteiger partial charge in [0, 0.05) is 17.6 Å². The Morgan fingerprint density at radius 3 is 2.62 bits per heavy atom. The minimum atomic E-state index is -1.61. The summed E-state index contributed by atoms with van der Waals surface area (Å²) in [4.78, 5) is 11.5. The second-order valence-electron chi connectivity index (χ2n) is 3.27. The summed E-state index contributed by atoms with van der Waals surface area (Å²) in [5.74, 6) is -0.923. The highest BCUT2D eigenvalue weighted by Gasteiger charge is 2.20. The maximum absolute atomic E-state index is 13.0. The van der Waals surface area contributed by atoms with Crippen LogP contribution in [-0.2, 0) is 15.6 Å². The van der Waals surface area contributed by atoms with E-state index in [9.17, 15) is 13.4 Å². The van der Waals surface area contributed by atoms with E-state index in [-0.39, 0.29) is 16.5 Å². The number of halogens is 1. The van der Waals surface area contributed by atoms with Gasteiger partial charge < -0.3 is 11.1 Å². The molecule has 0 aliphatic heterocycles. The predicted molar refractivity (Wildman–Crippen MR) is 60.7 cm³/mol. The fourth-order valence-corrected chi connectivity index (χ4v) is 2.41. The molecule has 0 saturated carbocycles. The summed E-state index contributed by atoms with van der Waals surface area (Å²) in [5.41, 5.74) is 5.62. The summed E-state index contributed by atoms with van der Waals surface area (Å²) in [7, 11) is -0.156. The molecule has 2 atom stereocenters. The van der Waals surface area contributed by atoms with Crippen LogP contribution in [0.5, 0.6) is 0 Å². The van der Waals surface area contributed by atoms with E-state index >= 15 is 0 Å². The van der Waals surface area contributed by atoms with E-state index in [1.807, 2.05) is 0 Å². The number of hydrogen-bond acceptors (Lipinski definition) is 3. The van der Waals surface area contributed by atoms with Crippen LogP contribution in [-0.4, -0.2) is 22.4 Å². The van der Waals surface area contributed by atoms with Gasteiger partial charge in [0.05, 0.1) is 10.8 Å². The Balaban J connectivity index is 3.00. The molecule has 6 heteroatoms. The van der Waals surface area contributed by atoms with Crippen LogP contribution in [0.2, 0.25) is 0 Å². The maximum atomic E-state index is 13.0. The molecule has 4 nitrogen and oxygen atoms in total. The van der Waals surface area contributed by atoms with Crippen molar-refractivity contribution >= 4 is 22.4 Å². The van der Waals surface area contributed by atoms with Gasteiger partial charge in [-0.2, -0.15) is 0 Å². The third-order valence-corrected chi connectivity index (χ3v) is 3.62. The topological polar surface area (TPSA) is 72.2 Å². The van der Waals surface area contributed by atoms with Gasteiger partial charge in [-0.3, -0.25) is 9.00 Å². The van der Waals surface area contributed by atoms with Crippen LogP contribution >= 0.6 is 0 Å². The number of anilines is 1. The average molecular weight is 244 g/mol. The SMILES string of the molecule is CNC(=O)C(C)S(=O)c1cc(N)cc(F)c1. The fraction of sp³-hybridized carbons (Fsp3) is 0.300. The summed E-state index contributed by atoms with van der Waals surface area (Å²) in [6.45, 7) is 1.51. The van der Waals surface area contributed by atoms with Crippen LogP contribution in [0.3, 0.4) is 0 Å². The minimum Gasteiger partial charge on any atom is -0.399 e. The van der Waals surface area contributed by atoms with Crippen molar-refractivity contribution < 1.29 is 13.4 Å². The molecule has 1 amide bonds. The smallest absolute Gasteiger partial charge is 0.235 e. The molecule has 3 N–H and O–H groups in total. The van der Waals surface area contributed by atoms with Gasteiger partial charge in [0.2, 0.25) is 5.91 Å². The van der Waals surface area contributed by atoms with E-state index in [0.717, 1.165) is 12.1 Å². The molecule has 0 aliphatic rings. The summed E-state index contributed by atoms with van der Waals surface area (Å²) in [6, 6.07) is 3.65. The largest absolute Gasteiger partial charge is 0.399 e. The van der Waals surface area contributed by atoms with Gasteiger partial charge in [0.15, 0.2) is 0 Å². The lowest BCUT2D eigenvalue weighted by atomic mass is 10.3. The molecule has 0 saturated heterocycles. The first kappa shape index (κ1) is 12.6. The molecular weight excluding hydrogens is 231 g/mol. The van der Waals surface area contributed by atoms with Gasteiger partial charge in [-0.05, 0) is 25.1 Å². The lowest BCUT2D eigenvalue weighted by Gasteiger charge is -2.10. The molecule has 0 aliphatic carbocycles. The molecule has 1 aromatic carbocycles. The van der Waals surface area contributed by atoms with Crippen molar-refractivity contribution in [1.82, 2.24) is 5.32 Å². The Labute approximate surface area is 95.5 Å². The van der Waals surface area contributed by atoms with Crippen molar-refractivity contribution in [3.8, 4) is 0 Å². The maximum Gasteiger partial charge on any atom is 0.235 e. The monoisotopic (exact) mass is 244 g/mol. The second kappa shape index (κ2) is 5.07. The number of nitrogens with one attached hydrogen (secondary N) is 1. The standard InChI is InChI=1S/C10H13FN2O2S/c1-6(10(14)13-2)16(15)9-4-7(11)3-8(12)5-9/h3-6H,12H2,1-2H3,(H,13,14). The van der Waals surface area contributed by atoms with Gasteiger partial charge >= 0.3 is 0 Å². The van der Waals surface area contributed by atoms with Gasteiger partial charge in [-0.25, -0.2) is 4.39 Å². The molecular formula is C10H13FN2O2S. The normalized spacial score (nSPS) is 14.2. The first-order chi connectivity index (χ1) is 7.45. The average Bonchev–Trinajstić information content (AvgIpc) is 2.24. The highest BCUT2D eigenvalue weighted by Crippen LogP contribution is 2.17. The van der Waals surface area contributed by atoms with Gasteiger partial charge in [-0.15, -0.1) is 0 Å². The number of carbonyl (C=O) groups excluding carboxylic acids is 1. The number of nitrogens with two attached hydrogens (primary N) is 1. The molecule has 1 aromatic rings. The van der Waals surface area contributed by atoms with Crippen LogP contribution in [0, 0.1) is 5.82 Å².